The number of benzene rings is 4. The Kier molecular flexibility index (Phi) is 11.3. The number of phenols is 1. The summed E-state index contributed by atoms with van der Waals surface area (Å²) in [5.74, 6) is -0.244. The number of carbonyl (C=O) groups is 3. The number of furan rings is 1. The Morgan fingerprint density at radius 2 is 1.58 bits per heavy atom. The molecular formula is C45H37N11O8S. The first kappa shape index (κ1) is 41.7. The molecule has 0 saturated heterocycles. The molecule has 3 amide bonds. The first-order valence-corrected chi connectivity index (χ1v) is 20.6. The Morgan fingerprint density at radius 1 is 0.800 bits per heavy atom. The highest BCUT2D eigenvalue weighted by Gasteiger charge is 2.23. The monoisotopic (exact) mass is 891 g/mol. The number of urea groups is 1. The van der Waals surface area contributed by atoms with E-state index in [1.807, 2.05) is 0 Å². The van der Waals surface area contributed by atoms with Crippen LogP contribution in [0.25, 0.3) is 61.7 Å². The number of carbonyl (C=O) groups excluding carboxylic acids is 2. The van der Waals surface area contributed by atoms with Crippen molar-refractivity contribution in [3.8, 4) is 39.8 Å². The fourth-order valence-electron chi connectivity index (χ4n) is 7.33. The number of thiocarbonyl (C=S) groups is 1. The van der Waals surface area contributed by atoms with Gasteiger partial charge >= 0.3 is 12.0 Å². The van der Waals surface area contributed by atoms with Gasteiger partial charge in [0.25, 0.3) is 0 Å². The predicted molar refractivity (Wildman–Crippen MR) is 245 cm³/mol. The lowest BCUT2D eigenvalue weighted by Crippen LogP contribution is -2.30. The zero-order valence-electron chi connectivity index (χ0n) is 34.3. The third-order valence-electron chi connectivity index (χ3n) is 10.3. The molecule has 7 N–H and O–H groups in total. The van der Waals surface area contributed by atoms with Crippen molar-refractivity contribution in [2.75, 3.05) is 29.0 Å². The number of hydrogen-bond acceptors (Lipinski definition) is 12. The van der Waals surface area contributed by atoms with Gasteiger partial charge in [0.05, 0.1) is 23.6 Å². The summed E-state index contributed by atoms with van der Waals surface area (Å²) >= 11 is 5.48. The molecule has 5 heterocycles. The molecule has 19 nitrogen and oxygen atoms in total. The lowest BCUT2D eigenvalue weighted by Gasteiger charge is -2.18. The van der Waals surface area contributed by atoms with Crippen molar-refractivity contribution in [1.29, 1.82) is 0 Å². The van der Waals surface area contributed by atoms with E-state index in [2.05, 4.69) is 46.7 Å². The van der Waals surface area contributed by atoms with Gasteiger partial charge in [-0.15, -0.1) is 5.10 Å². The molecule has 0 fully saturated rings. The van der Waals surface area contributed by atoms with E-state index in [0.717, 1.165) is 5.56 Å². The molecule has 9 rings (SSSR count). The zero-order valence-corrected chi connectivity index (χ0v) is 35.1. The van der Waals surface area contributed by atoms with Crippen molar-refractivity contribution < 1.29 is 33.4 Å². The molecule has 1 aliphatic heterocycles. The summed E-state index contributed by atoms with van der Waals surface area (Å²) in [7, 11) is 1.76. The maximum Gasteiger partial charge on any atom is 0.336 e. The molecule has 0 atom stereocenters. The summed E-state index contributed by atoms with van der Waals surface area (Å²) in [6.07, 6.45) is 4.78. The van der Waals surface area contributed by atoms with Gasteiger partial charge in [-0.2, -0.15) is 14.6 Å². The minimum absolute atomic E-state index is 0.0126. The summed E-state index contributed by atoms with van der Waals surface area (Å²) in [5.41, 5.74) is 3.97. The van der Waals surface area contributed by atoms with Crippen molar-refractivity contribution in [2.24, 2.45) is 7.05 Å². The first-order chi connectivity index (χ1) is 31.4. The Hall–Kier alpha value is -8.65. The smallest absolute Gasteiger partial charge is 0.336 e. The van der Waals surface area contributed by atoms with Crippen LogP contribution in [0.3, 0.4) is 0 Å². The molecule has 0 radical (unpaired) electrons. The van der Waals surface area contributed by atoms with E-state index in [1.165, 1.54) is 41.1 Å². The average molecular weight is 892 g/mol. The van der Waals surface area contributed by atoms with E-state index in [-0.39, 0.29) is 51.5 Å². The molecule has 1 aliphatic carbocycles. The fraction of sp³-hybridized carbons (Fsp3) is 0.133. The SMILES string of the molecule is Cn1cc2c(nc(NC(=O)Nc3ccc(CC(=O)NCCCCNC(=S)Nc4ccc(-c5c6ccc(=O)cc-6oc6cc(O)ccc56)c(C(=O)O)c4)cc3)n3nc(-c4ccco4)nc23)n1. The van der Waals surface area contributed by atoms with E-state index in [4.69, 9.17) is 21.1 Å². The standard InChI is InChI=1S/C45H37N11O8S/c1-55-23-33-39(53-55)51-43(56-41(33)50-40(54-56)34-5-4-18-63-34)52-44(62)48-25-8-6-24(7-9-25)19-37(59)46-16-2-3-17-47-45(65)49-26-10-13-29(32(20-26)42(60)61)38-30-14-11-27(57)21-35(30)64-36-22-28(58)12-15-31(36)38/h4-15,18,20-23,57H,2-3,16-17,19H2,1H3,(H,46,59)(H,60,61)(H2,47,49,65)(H2,48,51,52,53,62). The number of aromatic hydroxyl groups is 1. The van der Waals surface area contributed by atoms with Crippen molar-refractivity contribution in [3.05, 3.63) is 125 Å². The first-order valence-electron chi connectivity index (χ1n) is 20.2. The highest BCUT2D eigenvalue weighted by molar-refractivity contribution is 7.80. The zero-order chi connectivity index (χ0) is 45.2. The van der Waals surface area contributed by atoms with Crippen LogP contribution in [-0.2, 0) is 18.3 Å². The van der Waals surface area contributed by atoms with Gasteiger partial charge in [0, 0.05) is 66.4 Å². The number of rotatable bonds is 13. The van der Waals surface area contributed by atoms with Crippen LogP contribution in [0.15, 0.2) is 117 Å². The van der Waals surface area contributed by atoms with Crippen molar-refractivity contribution in [2.45, 2.75) is 19.3 Å². The van der Waals surface area contributed by atoms with E-state index < -0.39 is 12.0 Å². The van der Waals surface area contributed by atoms with Gasteiger partial charge in [-0.25, -0.2) is 14.6 Å². The topological polar surface area (TPSA) is 256 Å². The number of carboxylic acid groups (broad SMARTS) is 1. The molecule has 3 aromatic carbocycles. The minimum atomic E-state index is -1.18. The van der Waals surface area contributed by atoms with Gasteiger partial charge in [-0.3, -0.25) is 19.6 Å². The van der Waals surface area contributed by atoms with Gasteiger partial charge in [-0.05, 0) is 96.9 Å². The second-order valence-electron chi connectivity index (χ2n) is 14.9. The quantitative estimate of drug-likeness (QED) is 0.0365. The van der Waals surface area contributed by atoms with E-state index in [1.54, 1.807) is 78.6 Å². The molecule has 0 spiro atoms. The number of hydrogen-bond donors (Lipinski definition) is 7. The van der Waals surface area contributed by atoms with Crippen LogP contribution >= 0.6 is 12.2 Å². The van der Waals surface area contributed by atoms with Crippen molar-refractivity contribution in [3.63, 3.8) is 0 Å². The number of phenolic OH excluding ortho intramolecular Hbond substituents is 1. The van der Waals surface area contributed by atoms with Crippen LogP contribution in [0.5, 0.6) is 5.75 Å². The number of aromatic carboxylic acids is 1. The minimum Gasteiger partial charge on any atom is -0.508 e. The maximum absolute atomic E-state index is 13.1. The van der Waals surface area contributed by atoms with Crippen LogP contribution in [0, 0.1) is 0 Å². The molecule has 65 heavy (non-hydrogen) atoms. The van der Waals surface area contributed by atoms with Crippen LogP contribution in [0.1, 0.15) is 28.8 Å². The number of unbranched alkanes of at least 4 members (excludes halogenated alkanes) is 1. The number of amides is 3. The third-order valence-corrected chi connectivity index (χ3v) is 10.5. The second-order valence-corrected chi connectivity index (χ2v) is 15.3. The van der Waals surface area contributed by atoms with Gasteiger partial charge in [0.1, 0.15) is 17.1 Å². The van der Waals surface area contributed by atoms with Crippen molar-refractivity contribution in [1.82, 2.24) is 40.0 Å². The summed E-state index contributed by atoms with van der Waals surface area (Å²) in [6.45, 7) is 0.938. The van der Waals surface area contributed by atoms with E-state index in [0.29, 0.717) is 87.6 Å². The molecule has 0 saturated carbocycles. The average Bonchev–Trinajstić information content (AvgIpc) is 4.05. The van der Waals surface area contributed by atoms with E-state index in [9.17, 15) is 29.4 Å². The second kappa shape index (κ2) is 17.6. The molecule has 0 unspecified atom stereocenters. The maximum atomic E-state index is 13.1. The summed E-state index contributed by atoms with van der Waals surface area (Å²) in [4.78, 5) is 59.6. The predicted octanol–water partition coefficient (Wildman–Crippen LogP) is 6.62. The van der Waals surface area contributed by atoms with Crippen LogP contribution in [0.2, 0.25) is 0 Å². The van der Waals surface area contributed by atoms with Gasteiger partial charge < -0.3 is 40.3 Å². The molecule has 7 aromatic rings. The number of aromatic nitrogens is 6. The lowest BCUT2D eigenvalue weighted by molar-refractivity contribution is -0.120. The Bertz CT molecular complexity index is 3330. The van der Waals surface area contributed by atoms with Crippen LogP contribution < -0.4 is 32.0 Å². The Labute approximate surface area is 372 Å². The van der Waals surface area contributed by atoms with Gasteiger partial charge in [-0.1, -0.05) is 18.2 Å². The molecule has 4 aromatic heterocycles. The normalized spacial score (nSPS) is 11.3. The Morgan fingerprint density at radius 3 is 2.37 bits per heavy atom. The third kappa shape index (κ3) is 8.99. The van der Waals surface area contributed by atoms with E-state index >= 15 is 0 Å². The molecule has 0 bridgehead atoms. The highest BCUT2D eigenvalue weighted by atomic mass is 32.1. The highest BCUT2D eigenvalue weighted by Crippen LogP contribution is 2.42. The summed E-state index contributed by atoms with van der Waals surface area (Å²) < 4.78 is 14.4. The number of carboxylic acids is 1. The van der Waals surface area contributed by atoms with Crippen LogP contribution in [-0.4, -0.2) is 75.7 Å². The summed E-state index contributed by atoms with van der Waals surface area (Å²) in [5, 5.41) is 45.3. The molecule has 2 aliphatic rings. The fourth-order valence-corrected chi connectivity index (χ4v) is 7.55. The van der Waals surface area contributed by atoms with Crippen LogP contribution in [0.4, 0.5) is 22.1 Å². The lowest BCUT2D eigenvalue weighted by atomic mass is 9.90. The van der Waals surface area contributed by atoms with Gasteiger partial charge in [0.2, 0.25) is 17.7 Å². The molecule has 20 heteroatoms. The van der Waals surface area contributed by atoms with Crippen molar-refractivity contribution >= 4 is 80.2 Å². The van der Waals surface area contributed by atoms with Gasteiger partial charge in [0.15, 0.2) is 27.6 Å². The largest absolute Gasteiger partial charge is 0.508 e. The number of aryl methyl sites for hydroxylation is 1. The Balaban J connectivity index is 0.735. The molecule has 326 valence electrons. The number of nitrogens with zero attached hydrogens (tertiary/aromatic N) is 6. The number of anilines is 3. The molecular weight excluding hydrogens is 855 g/mol. The summed E-state index contributed by atoms with van der Waals surface area (Å²) in [6, 6.07) is 23.4. The number of fused-ring (bicyclic) bond motifs is 5. The number of nitrogens with one attached hydrogen (secondary N) is 5.